The minimum absolute atomic E-state index is 0.488. The molecule has 0 aliphatic heterocycles. The molecule has 63 heavy (non-hydrogen) atoms. The molecule has 1 spiro atoms. The predicted molar refractivity (Wildman–Crippen MR) is 261 cm³/mol. The van der Waals surface area contributed by atoms with E-state index < -0.39 is 5.41 Å². The van der Waals surface area contributed by atoms with Crippen molar-refractivity contribution in [3.05, 3.63) is 259 Å². The zero-order chi connectivity index (χ0) is 41.5. The van der Waals surface area contributed by atoms with Gasteiger partial charge in [-0.15, -0.1) is 0 Å². The highest BCUT2D eigenvalue weighted by atomic mass is 16.3. The van der Waals surface area contributed by atoms with Crippen molar-refractivity contribution in [2.75, 3.05) is 4.90 Å². The van der Waals surface area contributed by atoms with Crippen LogP contribution in [0.15, 0.2) is 241 Å². The maximum Gasteiger partial charge on any atom is 0.137 e. The molecule has 0 radical (unpaired) electrons. The minimum atomic E-state index is -0.488. The monoisotopic (exact) mass is 801 g/mol. The SMILES string of the molecule is c1ccc(-c2ccccc2-c2c(-c3ccccc3)cccc2N(c2ccc3c(c2)C2(c4ccccc4-c4ccccc42)c2ccccc2-3)c2ccc3c(c2)oc2ccccc23)cc1. The second-order valence-electron chi connectivity index (χ2n) is 16.7. The lowest BCUT2D eigenvalue weighted by atomic mass is 9.70. The molecule has 2 aliphatic rings. The number of hydrogen-bond donors (Lipinski definition) is 0. The van der Waals surface area contributed by atoms with Crippen LogP contribution in [-0.2, 0) is 5.41 Å². The standard InChI is InChI=1S/C61H39NO/c1-3-18-40(19-4-1)44-22-7-8-27-52(44)60-45(41-20-5-2-6-21-41)28-17-32-57(60)62(43-35-37-51-50-26-12-16-33-58(50)63-59(51)39-43)42-34-36-49-48-25-11-15-31-55(48)61(56(49)38-42)53-29-13-9-23-46(53)47-24-10-14-30-54(47)61/h1-39H. The molecule has 10 aromatic carbocycles. The topological polar surface area (TPSA) is 16.4 Å². The lowest BCUT2D eigenvalue weighted by Gasteiger charge is -2.33. The van der Waals surface area contributed by atoms with E-state index in [2.05, 4.69) is 235 Å². The molecular weight excluding hydrogens is 763 g/mol. The molecular formula is C61H39NO. The van der Waals surface area contributed by atoms with Crippen LogP contribution in [0.4, 0.5) is 17.1 Å². The molecule has 13 rings (SSSR count). The summed E-state index contributed by atoms with van der Waals surface area (Å²) in [6.07, 6.45) is 0. The third-order valence-corrected chi connectivity index (χ3v) is 13.5. The predicted octanol–water partition coefficient (Wildman–Crippen LogP) is 16.4. The minimum Gasteiger partial charge on any atom is -0.456 e. The zero-order valence-electron chi connectivity index (χ0n) is 34.4. The van der Waals surface area contributed by atoms with Gasteiger partial charge in [0.25, 0.3) is 0 Å². The van der Waals surface area contributed by atoms with Crippen molar-refractivity contribution >= 4 is 39.0 Å². The lowest BCUT2D eigenvalue weighted by Crippen LogP contribution is -2.26. The van der Waals surface area contributed by atoms with Gasteiger partial charge >= 0.3 is 0 Å². The van der Waals surface area contributed by atoms with Crippen molar-refractivity contribution in [1.82, 2.24) is 0 Å². The van der Waals surface area contributed by atoms with Gasteiger partial charge in [-0.3, -0.25) is 0 Å². The first-order chi connectivity index (χ1) is 31.3. The summed E-state index contributed by atoms with van der Waals surface area (Å²) in [5.41, 5.74) is 21.8. The van der Waals surface area contributed by atoms with Crippen molar-refractivity contribution in [3.8, 4) is 55.6 Å². The van der Waals surface area contributed by atoms with Crippen LogP contribution in [0.1, 0.15) is 22.3 Å². The summed E-state index contributed by atoms with van der Waals surface area (Å²) in [6.45, 7) is 0. The van der Waals surface area contributed by atoms with Gasteiger partial charge in [0.05, 0.1) is 11.1 Å². The van der Waals surface area contributed by atoms with Crippen molar-refractivity contribution in [2.24, 2.45) is 0 Å². The molecule has 0 unspecified atom stereocenters. The molecule has 2 aliphatic carbocycles. The van der Waals surface area contributed by atoms with Gasteiger partial charge in [0.1, 0.15) is 11.2 Å². The highest BCUT2D eigenvalue weighted by Gasteiger charge is 2.51. The Morgan fingerprint density at radius 2 is 0.778 bits per heavy atom. The lowest BCUT2D eigenvalue weighted by molar-refractivity contribution is 0.669. The molecule has 0 fully saturated rings. The Bertz CT molecular complexity index is 3520. The molecule has 0 bridgehead atoms. The van der Waals surface area contributed by atoms with E-state index >= 15 is 0 Å². The van der Waals surface area contributed by atoms with Crippen molar-refractivity contribution in [3.63, 3.8) is 0 Å². The summed E-state index contributed by atoms with van der Waals surface area (Å²) in [6, 6.07) is 86.6. The molecule has 0 amide bonds. The largest absolute Gasteiger partial charge is 0.456 e. The van der Waals surface area contributed by atoms with Crippen LogP contribution in [0.5, 0.6) is 0 Å². The highest BCUT2D eigenvalue weighted by Crippen LogP contribution is 2.63. The number of rotatable bonds is 6. The number of anilines is 3. The Morgan fingerprint density at radius 1 is 0.302 bits per heavy atom. The molecule has 11 aromatic rings. The second kappa shape index (κ2) is 13.9. The Hall–Kier alpha value is -8.20. The third kappa shape index (κ3) is 5.19. The molecule has 2 heteroatoms. The molecule has 0 saturated heterocycles. The fourth-order valence-electron chi connectivity index (χ4n) is 10.9. The summed E-state index contributed by atoms with van der Waals surface area (Å²) in [5.74, 6) is 0. The van der Waals surface area contributed by atoms with Crippen molar-refractivity contribution < 1.29 is 4.42 Å². The van der Waals surface area contributed by atoms with Gasteiger partial charge < -0.3 is 9.32 Å². The van der Waals surface area contributed by atoms with Crippen LogP contribution in [0.2, 0.25) is 0 Å². The maximum absolute atomic E-state index is 6.64. The highest BCUT2D eigenvalue weighted by molar-refractivity contribution is 6.07. The average Bonchev–Trinajstić information content (AvgIpc) is 3.98. The normalized spacial score (nSPS) is 12.9. The quantitative estimate of drug-likeness (QED) is 0.167. The number of para-hydroxylation sites is 1. The van der Waals surface area contributed by atoms with Crippen LogP contribution in [0.25, 0.3) is 77.6 Å². The third-order valence-electron chi connectivity index (χ3n) is 13.5. The van der Waals surface area contributed by atoms with Crippen LogP contribution >= 0.6 is 0 Å². The molecule has 2 nitrogen and oxygen atoms in total. The van der Waals surface area contributed by atoms with Gasteiger partial charge in [0, 0.05) is 33.8 Å². The number of fused-ring (bicyclic) bond motifs is 13. The summed E-state index contributed by atoms with van der Waals surface area (Å²) >= 11 is 0. The number of benzene rings is 10. The Labute approximate surface area is 366 Å². The van der Waals surface area contributed by atoms with Crippen LogP contribution in [0.3, 0.4) is 0 Å². The Balaban J connectivity index is 1.13. The van der Waals surface area contributed by atoms with Gasteiger partial charge in [-0.05, 0) is 109 Å². The smallest absolute Gasteiger partial charge is 0.137 e. The fraction of sp³-hybridized carbons (Fsp3) is 0.0164. The van der Waals surface area contributed by atoms with Crippen LogP contribution < -0.4 is 4.90 Å². The summed E-state index contributed by atoms with van der Waals surface area (Å²) < 4.78 is 6.64. The van der Waals surface area contributed by atoms with Crippen LogP contribution in [-0.4, -0.2) is 0 Å². The maximum atomic E-state index is 6.64. The first-order valence-electron chi connectivity index (χ1n) is 21.8. The number of furan rings is 1. The first-order valence-corrected chi connectivity index (χ1v) is 21.8. The number of hydrogen-bond acceptors (Lipinski definition) is 2. The van der Waals surface area contributed by atoms with E-state index in [9.17, 15) is 0 Å². The zero-order valence-corrected chi connectivity index (χ0v) is 34.4. The fourth-order valence-corrected chi connectivity index (χ4v) is 10.9. The number of nitrogens with zero attached hydrogens (tertiary/aromatic N) is 1. The summed E-state index contributed by atoms with van der Waals surface area (Å²) in [4.78, 5) is 2.47. The van der Waals surface area contributed by atoms with E-state index in [0.717, 1.165) is 61.3 Å². The first kappa shape index (κ1) is 35.5. The van der Waals surface area contributed by atoms with Gasteiger partial charge in [-0.1, -0.05) is 194 Å². The average molecular weight is 802 g/mol. The van der Waals surface area contributed by atoms with Gasteiger partial charge in [0.15, 0.2) is 0 Å². The van der Waals surface area contributed by atoms with E-state index in [-0.39, 0.29) is 0 Å². The molecule has 294 valence electrons. The summed E-state index contributed by atoms with van der Waals surface area (Å²) in [7, 11) is 0. The van der Waals surface area contributed by atoms with Crippen LogP contribution in [0, 0.1) is 0 Å². The molecule has 1 aromatic heterocycles. The molecule has 0 N–H and O–H groups in total. The second-order valence-corrected chi connectivity index (χ2v) is 16.7. The Kier molecular flexibility index (Phi) is 7.85. The van der Waals surface area contributed by atoms with E-state index in [0.29, 0.717) is 0 Å². The van der Waals surface area contributed by atoms with E-state index in [1.54, 1.807) is 0 Å². The van der Waals surface area contributed by atoms with Crippen molar-refractivity contribution in [1.29, 1.82) is 0 Å². The molecule has 0 atom stereocenters. The Morgan fingerprint density at radius 3 is 1.44 bits per heavy atom. The van der Waals surface area contributed by atoms with Gasteiger partial charge in [-0.25, -0.2) is 0 Å². The molecule has 1 heterocycles. The molecule has 0 saturated carbocycles. The van der Waals surface area contributed by atoms with Gasteiger partial charge in [0.2, 0.25) is 0 Å². The van der Waals surface area contributed by atoms with E-state index in [4.69, 9.17) is 4.42 Å². The van der Waals surface area contributed by atoms with Gasteiger partial charge in [-0.2, -0.15) is 0 Å². The van der Waals surface area contributed by atoms with E-state index in [1.807, 2.05) is 6.07 Å². The van der Waals surface area contributed by atoms with E-state index in [1.165, 1.54) is 55.6 Å². The van der Waals surface area contributed by atoms with Crippen molar-refractivity contribution in [2.45, 2.75) is 5.41 Å². The summed E-state index contributed by atoms with van der Waals surface area (Å²) in [5, 5.41) is 2.22.